The third-order valence-corrected chi connectivity index (χ3v) is 3.68. The molecule has 1 heterocycles. The summed E-state index contributed by atoms with van der Waals surface area (Å²) in [6, 6.07) is -0.292. The predicted molar refractivity (Wildman–Crippen MR) is 64.0 cm³/mol. The van der Waals surface area contributed by atoms with Crippen LogP contribution in [0.1, 0.15) is 39.0 Å². The van der Waals surface area contributed by atoms with E-state index in [0.717, 1.165) is 19.3 Å². The highest BCUT2D eigenvalue weighted by atomic mass is 16.4. The quantitative estimate of drug-likeness (QED) is 0.771. The Balaban J connectivity index is 2.11. The number of hydrogen-bond donors (Lipinski definition) is 2. The van der Waals surface area contributed by atoms with Gasteiger partial charge >= 0.3 is 5.97 Å². The molecule has 6 heteroatoms. The molecular weight excluding hydrogens is 236 g/mol. The van der Waals surface area contributed by atoms with E-state index in [1.807, 2.05) is 0 Å². The summed E-state index contributed by atoms with van der Waals surface area (Å²) in [6.07, 6.45) is 2.54. The summed E-state index contributed by atoms with van der Waals surface area (Å²) < 4.78 is 0. The van der Waals surface area contributed by atoms with E-state index in [0.29, 0.717) is 12.1 Å². The third kappa shape index (κ3) is 2.38. The summed E-state index contributed by atoms with van der Waals surface area (Å²) >= 11 is 0. The highest BCUT2D eigenvalue weighted by Crippen LogP contribution is 2.29. The fraction of sp³-hybridized carbons (Fsp3) is 0.750. The number of amides is 1. The highest BCUT2D eigenvalue weighted by molar-refractivity contribution is 6.08. The van der Waals surface area contributed by atoms with E-state index in [9.17, 15) is 14.7 Å². The molecule has 100 valence electrons. The fourth-order valence-electron chi connectivity index (χ4n) is 2.65. The molecule has 2 N–H and O–H groups in total. The Bertz CT molecular complexity index is 394. The summed E-state index contributed by atoms with van der Waals surface area (Å²) in [6.45, 7) is 1.67. The number of carbonyl (C=O) groups excluding carboxylic acids is 1. The SMILES string of the molecule is CC1=NN(C2CCCCC2O)C(=O)C1CC(=O)O. The van der Waals surface area contributed by atoms with Gasteiger partial charge in [0, 0.05) is 5.71 Å². The first-order chi connectivity index (χ1) is 8.50. The fourth-order valence-corrected chi connectivity index (χ4v) is 2.65. The minimum Gasteiger partial charge on any atom is -0.481 e. The number of nitrogens with zero attached hydrogens (tertiary/aromatic N) is 2. The van der Waals surface area contributed by atoms with Gasteiger partial charge in [-0.05, 0) is 19.8 Å². The van der Waals surface area contributed by atoms with Crippen LogP contribution in [0, 0.1) is 5.92 Å². The maximum Gasteiger partial charge on any atom is 0.304 e. The maximum absolute atomic E-state index is 12.1. The van der Waals surface area contributed by atoms with Gasteiger partial charge in [-0.3, -0.25) is 9.59 Å². The molecule has 1 amide bonds. The Morgan fingerprint density at radius 2 is 2.11 bits per heavy atom. The number of aliphatic hydroxyl groups excluding tert-OH is 1. The Morgan fingerprint density at radius 3 is 2.72 bits per heavy atom. The summed E-state index contributed by atoms with van der Waals surface area (Å²) in [5, 5.41) is 24.2. The van der Waals surface area contributed by atoms with E-state index in [2.05, 4.69) is 5.10 Å². The van der Waals surface area contributed by atoms with Crippen molar-refractivity contribution in [2.75, 3.05) is 0 Å². The number of carboxylic acid groups (broad SMARTS) is 1. The molecule has 0 radical (unpaired) electrons. The van der Waals surface area contributed by atoms with Gasteiger partial charge in [-0.1, -0.05) is 12.8 Å². The summed E-state index contributed by atoms with van der Waals surface area (Å²) in [5.41, 5.74) is 0.528. The Hall–Kier alpha value is -1.43. The van der Waals surface area contributed by atoms with Crippen LogP contribution in [0.15, 0.2) is 5.10 Å². The molecule has 18 heavy (non-hydrogen) atoms. The van der Waals surface area contributed by atoms with Gasteiger partial charge in [0.15, 0.2) is 0 Å². The van der Waals surface area contributed by atoms with E-state index in [-0.39, 0.29) is 18.4 Å². The lowest BCUT2D eigenvalue weighted by Crippen LogP contribution is -2.45. The van der Waals surface area contributed by atoms with Crippen LogP contribution in [0.2, 0.25) is 0 Å². The molecule has 0 aromatic rings. The molecule has 0 aromatic heterocycles. The molecule has 0 aromatic carbocycles. The molecule has 2 aliphatic rings. The normalized spacial score (nSPS) is 32.6. The van der Waals surface area contributed by atoms with E-state index in [4.69, 9.17) is 5.11 Å². The summed E-state index contributed by atoms with van der Waals surface area (Å²) in [5.74, 6) is -1.97. The van der Waals surface area contributed by atoms with E-state index >= 15 is 0 Å². The molecule has 0 spiro atoms. The van der Waals surface area contributed by atoms with Crippen LogP contribution in [0.5, 0.6) is 0 Å². The Labute approximate surface area is 105 Å². The van der Waals surface area contributed by atoms with Crippen LogP contribution in [0.3, 0.4) is 0 Å². The van der Waals surface area contributed by atoms with Crippen molar-refractivity contribution in [2.24, 2.45) is 11.0 Å². The molecule has 1 saturated carbocycles. The first-order valence-corrected chi connectivity index (χ1v) is 6.28. The molecule has 1 fully saturated rings. The van der Waals surface area contributed by atoms with Gasteiger partial charge in [-0.2, -0.15) is 5.10 Å². The van der Waals surface area contributed by atoms with Gasteiger partial charge in [0.25, 0.3) is 5.91 Å². The molecular formula is C12H18N2O4. The lowest BCUT2D eigenvalue weighted by molar-refractivity contribution is -0.144. The van der Waals surface area contributed by atoms with Crippen molar-refractivity contribution in [3.63, 3.8) is 0 Å². The lowest BCUT2D eigenvalue weighted by Gasteiger charge is -2.32. The lowest BCUT2D eigenvalue weighted by atomic mass is 9.91. The van der Waals surface area contributed by atoms with Crippen LogP contribution in [-0.2, 0) is 9.59 Å². The van der Waals surface area contributed by atoms with Crippen molar-refractivity contribution < 1.29 is 19.8 Å². The zero-order chi connectivity index (χ0) is 13.3. The maximum atomic E-state index is 12.1. The van der Waals surface area contributed by atoms with Gasteiger partial charge in [-0.15, -0.1) is 0 Å². The van der Waals surface area contributed by atoms with Crippen molar-refractivity contribution in [3.8, 4) is 0 Å². The standard InChI is InChI=1S/C12H18N2O4/c1-7-8(6-11(16)17)12(18)14(13-7)9-4-2-3-5-10(9)15/h8-10,15H,2-6H2,1H3,(H,16,17). The van der Waals surface area contributed by atoms with Crippen molar-refractivity contribution >= 4 is 17.6 Å². The first-order valence-electron chi connectivity index (χ1n) is 6.28. The molecule has 1 aliphatic carbocycles. The van der Waals surface area contributed by atoms with Crippen LogP contribution < -0.4 is 0 Å². The van der Waals surface area contributed by atoms with Gasteiger partial charge in [-0.25, -0.2) is 5.01 Å². The first kappa shape index (κ1) is 13.0. The average Bonchev–Trinajstić information content (AvgIpc) is 2.57. The second-order valence-corrected chi connectivity index (χ2v) is 4.99. The minimum absolute atomic E-state index is 0.229. The molecule has 2 rings (SSSR count). The molecule has 0 saturated heterocycles. The molecule has 0 bridgehead atoms. The number of carbonyl (C=O) groups is 2. The Kier molecular flexibility index (Phi) is 3.65. The summed E-state index contributed by atoms with van der Waals surface area (Å²) in [7, 11) is 0. The van der Waals surface area contributed by atoms with Crippen LogP contribution in [0.25, 0.3) is 0 Å². The van der Waals surface area contributed by atoms with Crippen LogP contribution in [0.4, 0.5) is 0 Å². The number of aliphatic hydroxyl groups is 1. The van der Waals surface area contributed by atoms with Crippen molar-refractivity contribution in [1.82, 2.24) is 5.01 Å². The van der Waals surface area contributed by atoms with Gasteiger partial charge in [0.1, 0.15) is 0 Å². The van der Waals surface area contributed by atoms with Gasteiger partial charge in [0.2, 0.25) is 0 Å². The number of hydrogen-bond acceptors (Lipinski definition) is 4. The predicted octanol–water partition coefficient (Wildman–Crippen LogP) is 0.599. The van der Waals surface area contributed by atoms with Crippen molar-refractivity contribution in [2.45, 2.75) is 51.2 Å². The monoisotopic (exact) mass is 254 g/mol. The van der Waals surface area contributed by atoms with Gasteiger partial charge in [0.05, 0.1) is 24.5 Å². The van der Waals surface area contributed by atoms with Crippen molar-refractivity contribution in [3.05, 3.63) is 0 Å². The zero-order valence-corrected chi connectivity index (χ0v) is 10.4. The van der Waals surface area contributed by atoms with E-state index in [1.54, 1.807) is 6.92 Å². The number of aliphatic carboxylic acids is 1. The van der Waals surface area contributed by atoms with Gasteiger partial charge < -0.3 is 10.2 Å². The Morgan fingerprint density at radius 1 is 1.44 bits per heavy atom. The smallest absolute Gasteiger partial charge is 0.304 e. The second-order valence-electron chi connectivity index (χ2n) is 4.99. The number of rotatable bonds is 3. The van der Waals surface area contributed by atoms with Crippen LogP contribution in [-0.4, -0.2) is 45.0 Å². The minimum atomic E-state index is -1.01. The van der Waals surface area contributed by atoms with E-state index in [1.165, 1.54) is 5.01 Å². The number of carboxylic acids is 1. The molecule has 3 unspecified atom stereocenters. The largest absolute Gasteiger partial charge is 0.481 e. The number of hydrazone groups is 1. The van der Waals surface area contributed by atoms with Crippen molar-refractivity contribution in [1.29, 1.82) is 0 Å². The van der Waals surface area contributed by atoms with E-state index < -0.39 is 18.0 Å². The average molecular weight is 254 g/mol. The second kappa shape index (κ2) is 5.06. The topological polar surface area (TPSA) is 90.2 Å². The van der Waals surface area contributed by atoms with Crippen LogP contribution >= 0.6 is 0 Å². The summed E-state index contributed by atoms with van der Waals surface area (Å²) in [4.78, 5) is 22.9. The molecule has 3 atom stereocenters. The third-order valence-electron chi connectivity index (χ3n) is 3.68. The zero-order valence-electron chi connectivity index (χ0n) is 10.4. The highest BCUT2D eigenvalue weighted by Gasteiger charge is 2.41. The molecule has 6 nitrogen and oxygen atoms in total. The molecule has 1 aliphatic heterocycles.